The van der Waals surface area contributed by atoms with Gasteiger partial charge in [-0.05, 0) is 42.0 Å². The zero-order valence-electron chi connectivity index (χ0n) is 8.06. The normalized spacial score (nSPS) is 9.93. The molecule has 0 bridgehead atoms. The summed E-state index contributed by atoms with van der Waals surface area (Å²) in [5.74, 6) is 0.870. The van der Waals surface area contributed by atoms with Crippen LogP contribution < -0.4 is 4.74 Å². The number of halogens is 1. The van der Waals surface area contributed by atoms with E-state index in [1.54, 1.807) is 12.4 Å². The van der Waals surface area contributed by atoms with Crippen molar-refractivity contribution in [3.05, 3.63) is 58.8 Å². The Morgan fingerprint density at radius 1 is 1.00 bits per heavy atom. The molecule has 0 saturated carbocycles. The molecular weight excluding hydrogens is 254 g/mol. The van der Waals surface area contributed by atoms with E-state index in [0.717, 1.165) is 15.8 Å². The molecule has 2 nitrogen and oxygen atoms in total. The van der Waals surface area contributed by atoms with Gasteiger partial charge in [-0.2, -0.15) is 0 Å². The SMILES string of the molecule is Brc1ccc(OCc2ccncc2)cc1. The Labute approximate surface area is 97.1 Å². The standard InChI is InChI=1S/C12H10BrNO/c13-11-1-3-12(4-2-11)15-9-10-5-7-14-8-6-10/h1-8H,9H2. The monoisotopic (exact) mass is 263 g/mol. The minimum absolute atomic E-state index is 0.574. The summed E-state index contributed by atoms with van der Waals surface area (Å²) in [5, 5.41) is 0. The summed E-state index contributed by atoms with van der Waals surface area (Å²) in [4.78, 5) is 3.95. The van der Waals surface area contributed by atoms with E-state index in [9.17, 15) is 0 Å². The lowest BCUT2D eigenvalue weighted by Crippen LogP contribution is -1.94. The third-order valence-electron chi connectivity index (χ3n) is 1.97. The summed E-state index contributed by atoms with van der Waals surface area (Å²) in [6.45, 7) is 0.574. The summed E-state index contributed by atoms with van der Waals surface area (Å²) < 4.78 is 6.65. The molecular formula is C12H10BrNO. The molecule has 0 spiro atoms. The first kappa shape index (κ1) is 10.2. The fourth-order valence-corrected chi connectivity index (χ4v) is 1.44. The van der Waals surface area contributed by atoms with E-state index < -0.39 is 0 Å². The van der Waals surface area contributed by atoms with Gasteiger partial charge in [0.15, 0.2) is 0 Å². The Bertz CT molecular complexity index is 413. The van der Waals surface area contributed by atoms with Gasteiger partial charge < -0.3 is 4.74 Å². The first-order valence-corrected chi connectivity index (χ1v) is 5.41. The second-order valence-corrected chi connectivity index (χ2v) is 4.01. The Kier molecular flexibility index (Phi) is 3.35. The van der Waals surface area contributed by atoms with Crippen LogP contribution in [0.5, 0.6) is 5.75 Å². The smallest absolute Gasteiger partial charge is 0.119 e. The van der Waals surface area contributed by atoms with Gasteiger partial charge in [0.05, 0.1) is 0 Å². The molecule has 0 aliphatic rings. The summed E-state index contributed by atoms with van der Waals surface area (Å²) in [6.07, 6.45) is 3.53. The maximum absolute atomic E-state index is 5.60. The van der Waals surface area contributed by atoms with E-state index in [1.165, 1.54) is 0 Å². The van der Waals surface area contributed by atoms with Crippen LogP contribution in [-0.2, 0) is 6.61 Å². The molecule has 0 aliphatic carbocycles. The van der Waals surface area contributed by atoms with E-state index in [2.05, 4.69) is 20.9 Å². The second kappa shape index (κ2) is 4.94. The number of hydrogen-bond donors (Lipinski definition) is 0. The number of benzene rings is 1. The summed E-state index contributed by atoms with van der Waals surface area (Å²) >= 11 is 3.38. The highest BCUT2D eigenvalue weighted by Gasteiger charge is 1.95. The third-order valence-corrected chi connectivity index (χ3v) is 2.50. The first-order valence-electron chi connectivity index (χ1n) is 4.62. The molecule has 76 valence electrons. The van der Waals surface area contributed by atoms with Crippen LogP contribution >= 0.6 is 15.9 Å². The highest BCUT2D eigenvalue weighted by molar-refractivity contribution is 9.10. The van der Waals surface area contributed by atoms with Crippen LogP contribution in [0.3, 0.4) is 0 Å². The third kappa shape index (κ3) is 3.06. The van der Waals surface area contributed by atoms with Crippen LogP contribution in [0.25, 0.3) is 0 Å². The minimum atomic E-state index is 0.574. The highest BCUT2D eigenvalue weighted by Crippen LogP contribution is 2.17. The molecule has 0 saturated heterocycles. The van der Waals surface area contributed by atoms with Crippen LogP contribution in [0.1, 0.15) is 5.56 Å². The molecule has 2 rings (SSSR count). The molecule has 2 aromatic rings. The van der Waals surface area contributed by atoms with Gasteiger partial charge in [0.1, 0.15) is 12.4 Å². The van der Waals surface area contributed by atoms with Crippen LogP contribution in [0, 0.1) is 0 Å². The van der Waals surface area contributed by atoms with Crippen molar-refractivity contribution in [3.63, 3.8) is 0 Å². The Hall–Kier alpha value is -1.35. The molecule has 0 radical (unpaired) electrons. The van der Waals surface area contributed by atoms with Crippen molar-refractivity contribution < 1.29 is 4.74 Å². The van der Waals surface area contributed by atoms with Crippen LogP contribution in [0.4, 0.5) is 0 Å². The molecule has 1 heterocycles. The molecule has 0 fully saturated rings. The highest BCUT2D eigenvalue weighted by atomic mass is 79.9. The number of rotatable bonds is 3. The number of aromatic nitrogens is 1. The van der Waals surface area contributed by atoms with Gasteiger partial charge >= 0.3 is 0 Å². The van der Waals surface area contributed by atoms with Crippen molar-refractivity contribution in [1.29, 1.82) is 0 Å². The van der Waals surface area contributed by atoms with E-state index in [0.29, 0.717) is 6.61 Å². The number of nitrogens with zero attached hydrogens (tertiary/aromatic N) is 1. The quantitative estimate of drug-likeness (QED) is 0.847. The van der Waals surface area contributed by atoms with E-state index in [4.69, 9.17) is 4.74 Å². The molecule has 0 aliphatic heterocycles. The van der Waals surface area contributed by atoms with Gasteiger partial charge in [-0.25, -0.2) is 0 Å². The fraction of sp³-hybridized carbons (Fsp3) is 0.0833. The van der Waals surface area contributed by atoms with Crippen LogP contribution in [-0.4, -0.2) is 4.98 Å². The molecule has 0 amide bonds. The van der Waals surface area contributed by atoms with Gasteiger partial charge in [0.2, 0.25) is 0 Å². The minimum Gasteiger partial charge on any atom is -0.489 e. The summed E-state index contributed by atoms with van der Waals surface area (Å²) in [5.41, 5.74) is 1.12. The lowest BCUT2D eigenvalue weighted by molar-refractivity contribution is 0.306. The second-order valence-electron chi connectivity index (χ2n) is 3.10. The largest absolute Gasteiger partial charge is 0.489 e. The van der Waals surface area contributed by atoms with Crippen molar-refractivity contribution in [3.8, 4) is 5.75 Å². The average molecular weight is 264 g/mol. The number of pyridine rings is 1. The summed E-state index contributed by atoms with van der Waals surface area (Å²) in [6, 6.07) is 11.7. The average Bonchev–Trinajstić information content (AvgIpc) is 2.30. The Balaban J connectivity index is 1.96. The lowest BCUT2D eigenvalue weighted by Gasteiger charge is -2.05. The first-order chi connectivity index (χ1) is 7.34. The molecule has 3 heteroatoms. The van der Waals surface area contributed by atoms with Crippen molar-refractivity contribution in [2.24, 2.45) is 0 Å². The summed E-state index contributed by atoms with van der Waals surface area (Å²) in [7, 11) is 0. The van der Waals surface area contributed by atoms with Crippen molar-refractivity contribution in [2.45, 2.75) is 6.61 Å². The Morgan fingerprint density at radius 3 is 2.33 bits per heavy atom. The van der Waals surface area contributed by atoms with Crippen LogP contribution in [0.15, 0.2) is 53.3 Å². The topological polar surface area (TPSA) is 22.1 Å². The molecule has 0 atom stereocenters. The number of hydrogen-bond acceptors (Lipinski definition) is 2. The number of ether oxygens (including phenoxy) is 1. The molecule has 1 aromatic heterocycles. The maximum atomic E-state index is 5.60. The fourth-order valence-electron chi connectivity index (χ4n) is 1.18. The maximum Gasteiger partial charge on any atom is 0.119 e. The molecule has 15 heavy (non-hydrogen) atoms. The van der Waals surface area contributed by atoms with Crippen molar-refractivity contribution in [2.75, 3.05) is 0 Å². The molecule has 0 unspecified atom stereocenters. The zero-order valence-corrected chi connectivity index (χ0v) is 9.65. The van der Waals surface area contributed by atoms with Gasteiger partial charge in [-0.15, -0.1) is 0 Å². The van der Waals surface area contributed by atoms with Crippen molar-refractivity contribution >= 4 is 15.9 Å². The van der Waals surface area contributed by atoms with Gasteiger partial charge in [0.25, 0.3) is 0 Å². The lowest BCUT2D eigenvalue weighted by atomic mass is 10.3. The van der Waals surface area contributed by atoms with E-state index in [-0.39, 0.29) is 0 Å². The molecule has 1 aromatic carbocycles. The van der Waals surface area contributed by atoms with Gasteiger partial charge in [-0.3, -0.25) is 4.98 Å². The predicted octanol–water partition coefficient (Wildman–Crippen LogP) is 3.42. The zero-order chi connectivity index (χ0) is 10.5. The van der Waals surface area contributed by atoms with E-state index >= 15 is 0 Å². The van der Waals surface area contributed by atoms with Gasteiger partial charge in [0, 0.05) is 16.9 Å². The molecule has 0 N–H and O–H groups in total. The Morgan fingerprint density at radius 2 is 1.67 bits per heavy atom. The predicted molar refractivity (Wildman–Crippen MR) is 62.7 cm³/mol. The van der Waals surface area contributed by atoms with E-state index in [1.807, 2.05) is 36.4 Å². The van der Waals surface area contributed by atoms with Crippen LogP contribution in [0.2, 0.25) is 0 Å². The van der Waals surface area contributed by atoms with Gasteiger partial charge in [-0.1, -0.05) is 15.9 Å². The van der Waals surface area contributed by atoms with Crippen molar-refractivity contribution in [1.82, 2.24) is 4.98 Å².